The van der Waals surface area contributed by atoms with Gasteiger partial charge in [-0.1, -0.05) is 0 Å². The summed E-state index contributed by atoms with van der Waals surface area (Å²) in [5, 5.41) is 0. The predicted molar refractivity (Wildman–Crippen MR) is 39.8 cm³/mol. The van der Waals surface area contributed by atoms with Crippen LogP contribution in [0.3, 0.4) is 0 Å². The van der Waals surface area contributed by atoms with Crippen molar-refractivity contribution in [2.45, 2.75) is 0 Å². The Kier molecular flexibility index (Phi) is 2.47. The van der Waals surface area contributed by atoms with Crippen LogP contribution in [-0.2, 0) is 0 Å². The van der Waals surface area contributed by atoms with Gasteiger partial charge in [-0.15, -0.1) is 0 Å². The molecule has 1 rings (SSSR count). The third-order valence-corrected chi connectivity index (χ3v) is 1.31. The number of hydrogen-bond acceptors (Lipinski definition) is 1. The van der Waals surface area contributed by atoms with Gasteiger partial charge >= 0.3 is 0 Å². The van der Waals surface area contributed by atoms with E-state index in [2.05, 4.69) is 4.99 Å². The van der Waals surface area contributed by atoms with Crippen molar-refractivity contribution < 1.29 is 13.2 Å². The van der Waals surface area contributed by atoms with Crippen LogP contribution < -0.4 is 0 Å². The summed E-state index contributed by atoms with van der Waals surface area (Å²) in [6.07, 6.45) is 1.12. The molecule has 0 saturated carbocycles. The Morgan fingerprint density at radius 2 is 1.67 bits per heavy atom. The summed E-state index contributed by atoms with van der Waals surface area (Å²) < 4.78 is 37.5. The maximum Gasteiger partial charge on any atom is 0.161 e. The van der Waals surface area contributed by atoms with E-state index in [-0.39, 0.29) is 5.56 Å². The molecule has 0 fully saturated rings. The van der Waals surface area contributed by atoms with Gasteiger partial charge in [0.2, 0.25) is 0 Å². The lowest BCUT2D eigenvalue weighted by molar-refractivity contribution is 0.494. The van der Waals surface area contributed by atoms with E-state index in [0.29, 0.717) is 6.07 Å². The van der Waals surface area contributed by atoms with E-state index in [1.807, 2.05) is 0 Å². The molecule has 0 radical (unpaired) electrons. The second-order valence-electron chi connectivity index (χ2n) is 2.18. The van der Waals surface area contributed by atoms with Crippen LogP contribution in [0.1, 0.15) is 5.56 Å². The summed E-state index contributed by atoms with van der Waals surface area (Å²) >= 11 is 0. The molecular weight excluding hydrogens is 167 g/mol. The van der Waals surface area contributed by atoms with Gasteiger partial charge in [0.05, 0.1) is 0 Å². The Labute approximate surface area is 67.6 Å². The highest BCUT2D eigenvalue weighted by molar-refractivity contribution is 5.79. The van der Waals surface area contributed by atoms with Gasteiger partial charge in [0, 0.05) is 24.9 Å². The smallest absolute Gasteiger partial charge is 0.161 e. The van der Waals surface area contributed by atoms with E-state index < -0.39 is 17.5 Å². The fraction of sp³-hybridized carbons (Fsp3) is 0.125. The molecular formula is C8H6F3N. The summed E-state index contributed by atoms with van der Waals surface area (Å²) in [6.45, 7) is 0. The summed E-state index contributed by atoms with van der Waals surface area (Å²) in [5.41, 5.74) is -0.0589. The molecule has 0 bridgehead atoms. The van der Waals surface area contributed by atoms with Gasteiger partial charge in [-0.05, 0) is 6.07 Å². The van der Waals surface area contributed by atoms with Crippen molar-refractivity contribution in [3.05, 3.63) is 35.1 Å². The van der Waals surface area contributed by atoms with Crippen molar-refractivity contribution in [3.8, 4) is 0 Å². The maximum atomic E-state index is 12.7. The number of aliphatic imine (C=N–C) groups is 1. The van der Waals surface area contributed by atoms with E-state index in [4.69, 9.17) is 0 Å². The lowest BCUT2D eigenvalue weighted by Gasteiger charge is -1.96. The molecule has 0 spiro atoms. The largest absolute Gasteiger partial charge is 0.296 e. The van der Waals surface area contributed by atoms with E-state index in [1.165, 1.54) is 7.05 Å². The fourth-order valence-corrected chi connectivity index (χ4v) is 0.776. The topological polar surface area (TPSA) is 12.4 Å². The molecule has 1 aromatic carbocycles. The molecule has 12 heavy (non-hydrogen) atoms. The first-order valence-electron chi connectivity index (χ1n) is 3.22. The Morgan fingerprint density at radius 1 is 1.08 bits per heavy atom. The Morgan fingerprint density at radius 3 is 2.25 bits per heavy atom. The number of benzene rings is 1. The Hall–Kier alpha value is -1.32. The number of nitrogens with zero attached hydrogens (tertiary/aromatic N) is 1. The van der Waals surface area contributed by atoms with Gasteiger partial charge in [0.25, 0.3) is 0 Å². The van der Waals surface area contributed by atoms with Crippen LogP contribution in [-0.4, -0.2) is 13.3 Å². The maximum absolute atomic E-state index is 12.7. The third-order valence-electron chi connectivity index (χ3n) is 1.31. The molecule has 0 aliphatic rings. The molecule has 64 valence electrons. The van der Waals surface area contributed by atoms with Gasteiger partial charge in [0.1, 0.15) is 5.82 Å². The van der Waals surface area contributed by atoms with E-state index in [9.17, 15) is 13.2 Å². The SMILES string of the molecule is C/N=C/c1cc(F)c(F)cc1F. The van der Waals surface area contributed by atoms with Crippen LogP contribution in [0.15, 0.2) is 17.1 Å². The first-order chi connectivity index (χ1) is 5.65. The molecule has 0 atom stereocenters. The standard InChI is InChI=1S/C8H6F3N/c1-12-4-5-2-7(10)8(11)3-6(5)9/h2-4H,1H3/b12-4+. The van der Waals surface area contributed by atoms with Crippen LogP contribution in [0.4, 0.5) is 13.2 Å². The Balaban J connectivity index is 3.23. The molecule has 0 aromatic heterocycles. The summed E-state index contributed by atoms with van der Waals surface area (Å²) in [4.78, 5) is 3.48. The minimum absolute atomic E-state index is 0.0589. The number of halogens is 3. The van der Waals surface area contributed by atoms with Crippen molar-refractivity contribution >= 4 is 6.21 Å². The molecule has 0 amide bonds. The molecule has 0 unspecified atom stereocenters. The first kappa shape index (κ1) is 8.77. The molecule has 0 N–H and O–H groups in total. The molecule has 0 aliphatic carbocycles. The van der Waals surface area contributed by atoms with Crippen LogP contribution >= 0.6 is 0 Å². The van der Waals surface area contributed by atoms with E-state index in [1.54, 1.807) is 0 Å². The lowest BCUT2D eigenvalue weighted by atomic mass is 10.2. The van der Waals surface area contributed by atoms with Crippen molar-refractivity contribution in [1.29, 1.82) is 0 Å². The average molecular weight is 173 g/mol. The van der Waals surface area contributed by atoms with Crippen LogP contribution in [0.5, 0.6) is 0 Å². The Bertz CT molecular complexity index is 320. The molecule has 0 heterocycles. The van der Waals surface area contributed by atoms with Crippen molar-refractivity contribution in [1.82, 2.24) is 0 Å². The van der Waals surface area contributed by atoms with Crippen molar-refractivity contribution in [2.24, 2.45) is 4.99 Å². The van der Waals surface area contributed by atoms with E-state index in [0.717, 1.165) is 12.3 Å². The summed E-state index contributed by atoms with van der Waals surface area (Å²) in [7, 11) is 1.42. The number of rotatable bonds is 1. The fourth-order valence-electron chi connectivity index (χ4n) is 0.776. The van der Waals surface area contributed by atoms with Crippen LogP contribution in [0.2, 0.25) is 0 Å². The van der Waals surface area contributed by atoms with Gasteiger partial charge in [-0.3, -0.25) is 4.99 Å². The zero-order valence-corrected chi connectivity index (χ0v) is 6.31. The van der Waals surface area contributed by atoms with Crippen molar-refractivity contribution in [3.63, 3.8) is 0 Å². The highest BCUT2D eigenvalue weighted by Crippen LogP contribution is 2.11. The first-order valence-corrected chi connectivity index (χ1v) is 3.22. The second-order valence-corrected chi connectivity index (χ2v) is 2.18. The quantitative estimate of drug-likeness (QED) is 0.455. The lowest BCUT2D eigenvalue weighted by Crippen LogP contribution is -1.93. The molecule has 4 heteroatoms. The van der Waals surface area contributed by atoms with Crippen LogP contribution in [0, 0.1) is 17.5 Å². The normalized spacial score (nSPS) is 11.0. The monoisotopic (exact) mass is 173 g/mol. The van der Waals surface area contributed by atoms with Crippen LogP contribution in [0.25, 0.3) is 0 Å². The molecule has 0 aliphatic heterocycles. The van der Waals surface area contributed by atoms with Gasteiger partial charge in [-0.2, -0.15) is 0 Å². The van der Waals surface area contributed by atoms with Gasteiger partial charge in [-0.25, -0.2) is 13.2 Å². The molecule has 1 aromatic rings. The predicted octanol–water partition coefficient (Wildman–Crippen LogP) is 2.15. The average Bonchev–Trinajstić information content (AvgIpc) is 2.01. The van der Waals surface area contributed by atoms with E-state index >= 15 is 0 Å². The molecule has 1 nitrogen and oxygen atoms in total. The highest BCUT2D eigenvalue weighted by atomic mass is 19.2. The minimum atomic E-state index is -1.19. The summed E-state index contributed by atoms with van der Waals surface area (Å²) in [5.74, 6) is -3.09. The molecule has 0 saturated heterocycles. The van der Waals surface area contributed by atoms with Gasteiger partial charge < -0.3 is 0 Å². The third kappa shape index (κ3) is 1.64. The second kappa shape index (κ2) is 3.38. The zero-order chi connectivity index (χ0) is 9.14. The van der Waals surface area contributed by atoms with Crippen molar-refractivity contribution in [2.75, 3.05) is 7.05 Å². The van der Waals surface area contributed by atoms with Gasteiger partial charge in [0.15, 0.2) is 11.6 Å². The minimum Gasteiger partial charge on any atom is -0.296 e. The zero-order valence-electron chi connectivity index (χ0n) is 6.31. The number of hydrogen-bond donors (Lipinski definition) is 0. The highest BCUT2D eigenvalue weighted by Gasteiger charge is 2.07. The summed E-state index contributed by atoms with van der Waals surface area (Å²) in [6, 6.07) is 1.25.